The topological polar surface area (TPSA) is 81.7 Å². The number of esters is 2. The lowest BCUT2D eigenvalue weighted by atomic mass is 9.87. The zero-order valence-electron chi connectivity index (χ0n) is 22.5. The number of unbranched alkanes of at least 4 members (excludes halogenated alkanes) is 6. The SMILES string of the molecule is CCCCCC=CCC=CC[C@@H](CC1OC(=O)C1CCCCCC)OC(=O)[C@@H](NC=O)C(C)CC. The lowest BCUT2D eigenvalue weighted by Gasteiger charge is -2.37. The molecule has 6 heteroatoms. The molecule has 35 heavy (non-hydrogen) atoms. The van der Waals surface area contributed by atoms with Crippen molar-refractivity contribution in [3.05, 3.63) is 24.3 Å². The molecule has 1 rings (SSSR count). The molecule has 1 fully saturated rings. The van der Waals surface area contributed by atoms with Gasteiger partial charge in [-0.1, -0.05) is 96.9 Å². The van der Waals surface area contributed by atoms with E-state index in [1.165, 1.54) is 25.7 Å². The molecule has 1 aliphatic heterocycles. The Morgan fingerprint density at radius 3 is 2.40 bits per heavy atom. The summed E-state index contributed by atoms with van der Waals surface area (Å²) in [5.41, 5.74) is 0. The maximum Gasteiger partial charge on any atom is 0.329 e. The van der Waals surface area contributed by atoms with Crippen LogP contribution < -0.4 is 5.32 Å². The first-order chi connectivity index (χ1) is 17.0. The van der Waals surface area contributed by atoms with E-state index in [1.54, 1.807) is 0 Å². The first kappa shape index (κ1) is 30.9. The summed E-state index contributed by atoms with van der Waals surface area (Å²) in [6, 6.07) is -0.677. The monoisotopic (exact) mass is 491 g/mol. The van der Waals surface area contributed by atoms with Gasteiger partial charge in [0, 0.05) is 12.8 Å². The molecule has 1 N–H and O–H groups in total. The Hall–Kier alpha value is -2.11. The number of ether oxygens (including phenoxy) is 2. The summed E-state index contributed by atoms with van der Waals surface area (Å²) in [5.74, 6) is -0.706. The van der Waals surface area contributed by atoms with Crippen molar-refractivity contribution in [2.24, 2.45) is 11.8 Å². The molecular formula is C29H49NO5. The smallest absolute Gasteiger partial charge is 0.329 e. The van der Waals surface area contributed by atoms with Gasteiger partial charge < -0.3 is 14.8 Å². The highest BCUT2D eigenvalue weighted by atomic mass is 16.6. The third-order valence-corrected chi connectivity index (χ3v) is 6.86. The van der Waals surface area contributed by atoms with Crippen LogP contribution in [0.3, 0.4) is 0 Å². The number of allylic oxidation sites excluding steroid dienone is 3. The highest BCUT2D eigenvalue weighted by Gasteiger charge is 2.43. The van der Waals surface area contributed by atoms with Gasteiger partial charge >= 0.3 is 11.9 Å². The Morgan fingerprint density at radius 2 is 1.74 bits per heavy atom. The minimum absolute atomic E-state index is 0.0328. The molecule has 0 aromatic heterocycles. The van der Waals surface area contributed by atoms with Gasteiger partial charge in [0.15, 0.2) is 0 Å². The second-order valence-corrected chi connectivity index (χ2v) is 9.78. The van der Waals surface area contributed by atoms with Gasteiger partial charge in [-0.15, -0.1) is 0 Å². The van der Waals surface area contributed by atoms with Crippen LogP contribution in [0.4, 0.5) is 0 Å². The zero-order valence-corrected chi connectivity index (χ0v) is 22.5. The van der Waals surface area contributed by atoms with E-state index in [-0.39, 0.29) is 23.9 Å². The Kier molecular flexibility index (Phi) is 16.9. The number of carbonyl (C=O) groups excluding carboxylic acids is 3. The molecule has 1 aliphatic rings. The molecule has 0 aliphatic carbocycles. The zero-order chi connectivity index (χ0) is 25.9. The Morgan fingerprint density at radius 1 is 1.03 bits per heavy atom. The summed E-state index contributed by atoms with van der Waals surface area (Å²) in [7, 11) is 0. The van der Waals surface area contributed by atoms with Crippen LogP contribution >= 0.6 is 0 Å². The molecule has 200 valence electrons. The van der Waals surface area contributed by atoms with E-state index in [0.717, 1.165) is 44.9 Å². The highest BCUT2D eigenvalue weighted by Crippen LogP contribution is 2.32. The third-order valence-electron chi connectivity index (χ3n) is 6.86. The average molecular weight is 492 g/mol. The van der Waals surface area contributed by atoms with Crippen molar-refractivity contribution in [1.29, 1.82) is 0 Å². The fourth-order valence-corrected chi connectivity index (χ4v) is 4.32. The quantitative estimate of drug-likeness (QED) is 0.0865. The standard InChI is InChI=1S/C29H49NO5/c1-5-8-10-12-13-14-15-16-17-19-24(34-29(33)27(30-22-31)23(4)7-3)21-26-25(28(32)35-26)20-18-11-9-6-2/h13-14,16-17,22-27H,5-12,15,18-21H2,1-4H3,(H,30,31)/t23?,24-,25?,26?,27-/m0/s1. The van der Waals surface area contributed by atoms with Crippen molar-refractivity contribution in [1.82, 2.24) is 5.32 Å². The molecule has 0 saturated carbocycles. The van der Waals surface area contributed by atoms with Crippen LogP contribution in [0.15, 0.2) is 24.3 Å². The lowest BCUT2D eigenvalue weighted by Crippen LogP contribution is -2.48. The second kappa shape index (κ2) is 19.1. The molecule has 1 heterocycles. The van der Waals surface area contributed by atoms with E-state index >= 15 is 0 Å². The minimum Gasteiger partial charge on any atom is -0.461 e. The van der Waals surface area contributed by atoms with E-state index in [2.05, 4.69) is 37.4 Å². The van der Waals surface area contributed by atoms with Gasteiger partial charge in [-0.05, 0) is 31.6 Å². The number of nitrogens with one attached hydrogen (secondary N) is 1. The van der Waals surface area contributed by atoms with Crippen LogP contribution in [0.1, 0.15) is 111 Å². The van der Waals surface area contributed by atoms with Crippen LogP contribution in [0, 0.1) is 11.8 Å². The largest absolute Gasteiger partial charge is 0.461 e. The van der Waals surface area contributed by atoms with Crippen LogP contribution in [-0.2, 0) is 23.9 Å². The Balaban J connectivity index is 2.72. The lowest BCUT2D eigenvalue weighted by molar-refractivity contribution is -0.190. The van der Waals surface area contributed by atoms with Crippen molar-refractivity contribution in [2.75, 3.05) is 0 Å². The summed E-state index contributed by atoms with van der Waals surface area (Å²) in [6.07, 6.45) is 21.2. The fourth-order valence-electron chi connectivity index (χ4n) is 4.32. The van der Waals surface area contributed by atoms with Crippen LogP contribution in [-0.4, -0.2) is 36.6 Å². The summed E-state index contributed by atoms with van der Waals surface area (Å²) >= 11 is 0. The molecule has 5 atom stereocenters. The van der Waals surface area contributed by atoms with Gasteiger partial charge in [0.05, 0.1) is 5.92 Å². The first-order valence-electron chi connectivity index (χ1n) is 13.9. The van der Waals surface area contributed by atoms with Crippen molar-refractivity contribution >= 4 is 18.3 Å². The first-order valence-corrected chi connectivity index (χ1v) is 13.9. The molecular weight excluding hydrogens is 442 g/mol. The molecule has 3 unspecified atom stereocenters. The van der Waals surface area contributed by atoms with Crippen molar-refractivity contribution in [3.63, 3.8) is 0 Å². The molecule has 0 aromatic carbocycles. The number of cyclic esters (lactones) is 1. The summed E-state index contributed by atoms with van der Waals surface area (Å²) in [5, 5.41) is 2.61. The van der Waals surface area contributed by atoms with Crippen LogP contribution in [0.2, 0.25) is 0 Å². The summed E-state index contributed by atoms with van der Waals surface area (Å²) in [4.78, 5) is 36.0. The second-order valence-electron chi connectivity index (χ2n) is 9.78. The average Bonchev–Trinajstić information content (AvgIpc) is 2.85. The Labute approximate surface area is 213 Å². The van der Waals surface area contributed by atoms with Crippen molar-refractivity contribution < 1.29 is 23.9 Å². The molecule has 1 amide bonds. The third kappa shape index (κ3) is 12.4. The van der Waals surface area contributed by atoms with E-state index in [0.29, 0.717) is 19.3 Å². The maximum atomic E-state index is 12.9. The number of hydrogen-bond acceptors (Lipinski definition) is 5. The molecule has 0 bridgehead atoms. The van der Waals surface area contributed by atoms with E-state index in [4.69, 9.17) is 9.47 Å². The van der Waals surface area contributed by atoms with E-state index < -0.39 is 18.1 Å². The maximum absolute atomic E-state index is 12.9. The van der Waals surface area contributed by atoms with Gasteiger partial charge in [0.2, 0.25) is 6.41 Å². The number of amides is 1. The summed E-state index contributed by atoms with van der Waals surface area (Å²) < 4.78 is 11.3. The fraction of sp³-hybridized carbons (Fsp3) is 0.759. The van der Waals surface area contributed by atoms with E-state index in [9.17, 15) is 14.4 Å². The molecule has 6 nitrogen and oxygen atoms in total. The van der Waals surface area contributed by atoms with Crippen LogP contribution in [0.5, 0.6) is 0 Å². The molecule has 0 radical (unpaired) electrons. The predicted octanol–water partition coefficient (Wildman–Crippen LogP) is 6.43. The number of rotatable bonds is 21. The van der Waals surface area contributed by atoms with Crippen molar-refractivity contribution in [3.8, 4) is 0 Å². The number of carbonyl (C=O) groups is 3. The van der Waals surface area contributed by atoms with Crippen molar-refractivity contribution in [2.45, 2.75) is 129 Å². The highest BCUT2D eigenvalue weighted by molar-refractivity contribution is 5.79. The van der Waals surface area contributed by atoms with Gasteiger partial charge in [0.1, 0.15) is 18.2 Å². The van der Waals surface area contributed by atoms with Gasteiger partial charge in [-0.25, -0.2) is 4.79 Å². The van der Waals surface area contributed by atoms with Gasteiger partial charge in [0.25, 0.3) is 0 Å². The number of hydrogen-bond donors (Lipinski definition) is 1. The predicted molar refractivity (Wildman–Crippen MR) is 141 cm³/mol. The normalized spacial score (nSPS) is 20.3. The van der Waals surface area contributed by atoms with E-state index in [1.807, 2.05) is 19.9 Å². The molecule has 1 saturated heterocycles. The Bertz CT molecular complexity index is 659. The summed E-state index contributed by atoms with van der Waals surface area (Å²) in [6.45, 7) is 8.27. The minimum atomic E-state index is -0.677. The molecule has 0 aromatic rings. The van der Waals surface area contributed by atoms with Gasteiger partial charge in [-0.2, -0.15) is 0 Å². The van der Waals surface area contributed by atoms with Crippen LogP contribution in [0.25, 0.3) is 0 Å². The van der Waals surface area contributed by atoms with Gasteiger partial charge in [-0.3, -0.25) is 9.59 Å². The molecule has 0 spiro atoms.